The number of benzene rings is 1. The number of nitro benzene ring substituents is 1. The molecule has 0 aliphatic carbocycles. The lowest BCUT2D eigenvalue weighted by Gasteiger charge is -2.33. The molecule has 2 heterocycles. The van der Waals surface area contributed by atoms with Crippen LogP contribution in [0.5, 0.6) is 0 Å². The SMILES string of the molecule is Cc1ccc(C(=O)NC2CCN(c3ccc(C(=O)NC(C)C)cc3[N+](=O)[O-])CC2)s1. The highest BCUT2D eigenvalue weighted by atomic mass is 32.1. The van der Waals surface area contributed by atoms with Crippen LogP contribution in [-0.4, -0.2) is 41.9 Å². The van der Waals surface area contributed by atoms with Gasteiger partial charge in [0.05, 0.1) is 9.80 Å². The second-order valence-electron chi connectivity index (χ2n) is 7.73. The number of hydrogen-bond acceptors (Lipinski definition) is 6. The van der Waals surface area contributed by atoms with Crippen molar-refractivity contribution in [3.63, 3.8) is 0 Å². The Bertz CT molecular complexity index is 948. The van der Waals surface area contributed by atoms with Crippen molar-refractivity contribution >= 4 is 34.5 Å². The largest absolute Gasteiger partial charge is 0.366 e. The second-order valence-corrected chi connectivity index (χ2v) is 9.02. The van der Waals surface area contributed by atoms with Crippen LogP contribution in [0.4, 0.5) is 11.4 Å². The molecule has 0 atom stereocenters. The fourth-order valence-electron chi connectivity index (χ4n) is 3.50. The Balaban J connectivity index is 1.66. The summed E-state index contributed by atoms with van der Waals surface area (Å²) in [5.41, 5.74) is 0.690. The van der Waals surface area contributed by atoms with Gasteiger partial charge >= 0.3 is 0 Å². The summed E-state index contributed by atoms with van der Waals surface area (Å²) >= 11 is 1.46. The van der Waals surface area contributed by atoms with E-state index in [-0.39, 0.29) is 35.1 Å². The molecule has 0 spiro atoms. The predicted molar refractivity (Wildman–Crippen MR) is 117 cm³/mol. The molecule has 160 valence electrons. The summed E-state index contributed by atoms with van der Waals surface area (Å²) in [6.45, 7) is 6.82. The molecule has 3 rings (SSSR count). The summed E-state index contributed by atoms with van der Waals surface area (Å²) in [5.74, 6) is -0.400. The molecule has 1 aromatic carbocycles. The number of piperidine rings is 1. The van der Waals surface area contributed by atoms with Gasteiger partial charge in [0.15, 0.2) is 0 Å². The monoisotopic (exact) mass is 430 g/mol. The molecule has 0 unspecified atom stereocenters. The summed E-state index contributed by atoms with van der Waals surface area (Å²) in [7, 11) is 0. The first-order valence-corrected chi connectivity index (χ1v) is 10.8. The second kappa shape index (κ2) is 9.25. The Morgan fingerprint density at radius 3 is 2.43 bits per heavy atom. The van der Waals surface area contributed by atoms with Gasteiger partial charge in [0.2, 0.25) is 0 Å². The Hall–Kier alpha value is -2.94. The van der Waals surface area contributed by atoms with Crippen LogP contribution in [0.1, 0.15) is 51.6 Å². The van der Waals surface area contributed by atoms with Crippen molar-refractivity contribution < 1.29 is 14.5 Å². The molecule has 0 bridgehead atoms. The summed E-state index contributed by atoms with van der Waals surface area (Å²) in [5, 5.41) is 17.4. The molecule has 2 amide bonds. The number of rotatable bonds is 6. The van der Waals surface area contributed by atoms with E-state index < -0.39 is 4.92 Å². The van der Waals surface area contributed by atoms with Crippen molar-refractivity contribution in [2.75, 3.05) is 18.0 Å². The van der Waals surface area contributed by atoms with Crippen LogP contribution in [0.15, 0.2) is 30.3 Å². The Morgan fingerprint density at radius 1 is 1.17 bits per heavy atom. The first-order chi connectivity index (χ1) is 14.2. The minimum atomic E-state index is -0.450. The summed E-state index contributed by atoms with van der Waals surface area (Å²) in [6.07, 6.45) is 1.39. The highest BCUT2D eigenvalue weighted by Crippen LogP contribution is 2.31. The number of amides is 2. The van der Waals surface area contributed by atoms with Gasteiger partial charge in [-0.2, -0.15) is 0 Å². The third kappa shape index (κ3) is 5.15. The lowest BCUT2D eigenvalue weighted by atomic mass is 10.0. The molecule has 1 aromatic heterocycles. The zero-order valence-electron chi connectivity index (χ0n) is 17.3. The minimum absolute atomic E-state index is 0.0336. The summed E-state index contributed by atoms with van der Waals surface area (Å²) in [4.78, 5) is 39.5. The van der Waals surface area contributed by atoms with Gasteiger partial charge in [0.25, 0.3) is 17.5 Å². The van der Waals surface area contributed by atoms with Crippen LogP contribution in [0.3, 0.4) is 0 Å². The molecule has 0 saturated carbocycles. The fourth-order valence-corrected chi connectivity index (χ4v) is 4.27. The van der Waals surface area contributed by atoms with Crippen molar-refractivity contribution in [2.45, 2.75) is 45.7 Å². The highest BCUT2D eigenvalue weighted by molar-refractivity contribution is 7.13. The van der Waals surface area contributed by atoms with Crippen molar-refractivity contribution in [3.8, 4) is 0 Å². The molecular weight excluding hydrogens is 404 g/mol. The van der Waals surface area contributed by atoms with Gasteiger partial charge in [-0.15, -0.1) is 11.3 Å². The number of nitro groups is 1. The number of carbonyl (C=O) groups excluding carboxylic acids is 2. The summed E-state index contributed by atoms with van der Waals surface area (Å²) < 4.78 is 0. The van der Waals surface area contributed by atoms with E-state index in [9.17, 15) is 19.7 Å². The number of hydrogen-bond donors (Lipinski definition) is 2. The third-order valence-electron chi connectivity index (χ3n) is 4.99. The van der Waals surface area contributed by atoms with E-state index in [0.29, 0.717) is 36.5 Å². The molecular formula is C21H26N4O4S. The van der Waals surface area contributed by atoms with Gasteiger partial charge in [-0.1, -0.05) is 0 Å². The average molecular weight is 431 g/mol. The number of carbonyl (C=O) groups is 2. The standard InChI is InChI=1S/C21H26N4O4S/c1-13(2)22-20(26)15-5-6-17(18(12-15)25(28)29)24-10-8-16(9-11-24)23-21(27)19-7-4-14(3)30-19/h4-7,12-13,16H,8-11H2,1-3H3,(H,22,26)(H,23,27). The van der Waals surface area contributed by atoms with E-state index in [1.807, 2.05) is 37.8 Å². The van der Waals surface area contributed by atoms with Crippen LogP contribution < -0.4 is 15.5 Å². The smallest absolute Gasteiger partial charge is 0.293 e. The zero-order valence-corrected chi connectivity index (χ0v) is 18.1. The van der Waals surface area contributed by atoms with Crippen LogP contribution in [0, 0.1) is 17.0 Å². The maximum atomic E-state index is 12.4. The van der Waals surface area contributed by atoms with Crippen LogP contribution in [0.2, 0.25) is 0 Å². The average Bonchev–Trinajstić information content (AvgIpc) is 3.14. The fraction of sp³-hybridized carbons (Fsp3) is 0.429. The van der Waals surface area contributed by atoms with E-state index in [0.717, 1.165) is 4.88 Å². The molecule has 1 fully saturated rings. The molecule has 8 nitrogen and oxygen atoms in total. The van der Waals surface area contributed by atoms with E-state index in [1.165, 1.54) is 17.4 Å². The molecule has 30 heavy (non-hydrogen) atoms. The molecule has 1 saturated heterocycles. The van der Waals surface area contributed by atoms with E-state index >= 15 is 0 Å². The number of thiophene rings is 1. The molecule has 0 radical (unpaired) electrons. The maximum absolute atomic E-state index is 12.4. The van der Waals surface area contributed by atoms with Gasteiger partial charge in [-0.25, -0.2) is 0 Å². The Morgan fingerprint density at radius 2 is 1.87 bits per heavy atom. The predicted octanol–water partition coefficient (Wildman–Crippen LogP) is 3.50. The summed E-state index contributed by atoms with van der Waals surface area (Å²) in [6, 6.07) is 8.32. The van der Waals surface area contributed by atoms with Crippen LogP contribution in [0.25, 0.3) is 0 Å². The van der Waals surface area contributed by atoms with Gasteiger partial charge in [0, 0.05) is 41.7 Å². The minimum Gasteiger partial charge on any atom is -0.366 e. The molecule has 2 aromatic rings. The Labute approximate surface area is 179 Å². The van der Waals surface area contributed by atoms with E-state index in [4.69, 9.17) is 0 Å². The lowest BCUT2D eigenvalue weighted by Crippen LogP contribution is -2.44. The van der Waals surface area contributed by atoms with Gasteiger partial charge in [-0.3, -0.25) is 19.7 Å². The van der Waals surface area contributed by atoms with Crippen molar-refractivity contribution in [2.24, 2.45) is 0 Å². The van der Waals surface area contributed by atoms with Crippen molar-refractivity contribution in [1.29, 1.82) is 0 Å². The number of anilines is 1. The van der Waals surface area contributed by atoms with Crippen LogP contribution in [-0.2, 0) is 0 Å². The highest BCUT2D eigenvalue weighted by Gasteiger charge is 2.27. The topological polar surface area (TPSA) is 105 Å². The third-order valence-corrected chi connectivity index (χ3v) is 5.99. The molecule has 1 aliphatic rings. The number of nitrogens with one attached hydrogen (secondary N) is 2. The first kappa shape index (κ1) is 21.8. The maximum Gasteiger partial charge on any atom is 0.293 e. The first-order valence-electron chi connectivity index (χ1n) is 9.96. The van der Waals surface area contributed by atoms with E-state index in [2.05, 4.69) is 10.6 Å². The Kier molecular flexibility index (Phi) is 6.71. The zero-order chi connectivity index (χ0) is 21.8. The van der Waals surface area contributed by atoms with Gasteiger partial charge < -0.3 is 15.5 Å². The molecule has 2 N–H and O–H groups in total. The van der Waals surface area contributed by atoms with Gasteiger partial charge in [0.1, 0.15) is 5.69 Å². The van der Waals surface area contributed by atoms with E-state index in [1.54, 1.807) is 12.1 Å². The lowest BCUT2D eigenvalue weighted by molar-refractivity contribution is -0.384. The number of aryl methyl sites for hydroxylation is 1. The molecule has 1 aliphatic heterocycles. The quantitative estimate of drug-likeness (QED) is 0.539. The van der Waals surface area contributed by atoms with Crippen molar-refractivity contribution in [1.82, 2.24) is 10.6 Å². The molecule has 9 heteroatoms. The van der Waals surface area contributed by atoms with Gasteiger partial charge in [-0.05, 0) is 57.9 Å². The normalized spacial score (nSPS) is 14.6. The van der Waals surface area contributed by atoms with Crippen LogP contribution >= 0.6 is 11.3 Å². The van der Waals surface area contributed by atoms with Crippen molar-refractivity contribution in [3.05, 3.63) is 55.8 Å². The number of nitrogens with zero attached hydrogens (tertiary/aromatic N) is 2.